The SMILES string of the molecule is Cc1c(C2CC2)nc2sc3c(n12)CCC3. The molecule has 0 aromatic carbocycles. The van der Waals surface area contributed by atoms with Gasteiger partial charge in [-0.25, -0.2) is 4.98 Å². The monoisotopic (exact) mass is 218 g/mol. The van der Waals surface area contributed by atoms with Crippen LogP contribution in [0.25, 0.3) is 4.96 Å². The minimum Gasteiger partial charge on any atom is -0.291 e. The van der Waals surface area contributed by atoms with E-state index in [0.717, 1.165) is 5.92 Å². The summed E-state index contributed by atoms with van der Waals surface area (Å²) in [6.07, 6.45) is 6.59. The fourth-order valence-electron chi connectivity index (χ4n) is 2.78. The maximum atomic E-state index is 4.82. The highest BCUT2D eigenvalue weighted by Gasteiger charge is 2.30. The molecule has 15 heavy (non-hydrogen) atoms. The van der Waals surface area contributed by atoms with Crippen LogP contribution in [-0.2, 0) is 12.8 Å². The third kappa shape index (κ3) is 1.02. The van der Waals surface area contributed by atoms with E-state index in [1.54, 1.807) is 10.6 Å². The van der Waals surface area contributed by atoms with E-state index < -0.39 is 0 Å². The van der Waals surface area contributed by atoms with Crippen LogP contribution in [0.15, 0.2) is 0 Å². The number of rotatable bonds is 1. The van der Waals surface area contributed by atoms with E-state index >= 15 is 0 Å². The zero-order valence-electron chi connectivity index (χ0n) is 8.92. The average molecular weight is 218 g/mol. The summed E-state index contributed by atoms with van der Waals surface area (Å²) in [4.78, 5) is 7.65. The normalized spacial score (nSPS) is 20.1. The molecule has 3 heteroatoms. The number of imidazole rings is 1. The molecule has 2 aliphatic rings. The van der Waals surface area contributed by atoms with Gasteiger partial charge in [0.1, 0.15) is 0 Å². The fourth-order valence-corrected chi connectivity index (χ4v) is 4.04. The van der Waals surface area contributed by atoms with Crippen molar-refractivity contribution in [3.8, 4) is 0 Å². The first-order valence-electron chi connectivity index (χ1n) is 5.84. The van der Waals surface area contributed by atoms with Crippen molar-refractivity contribution in [2.75, 3.05) is 0 Å². The minimum atomic E-state index is 0.786. The second kappa shape index (κ2) is 2.64. The highest BCUT2D eigenvalue weighted by Crippen LogP contribution is 2.43. The topological polar surface area (TPSA) is 17.3 Å². The molecule has 4 rings (SSSR count). The van der Waals surface area contributed by atoms with E-state index in [4.69, 9.17) is 4.98 Å². The summed E-state index contributed by atoms with van der Waals surface area (Å²) in [7, 11) is 0. The molecule has 1 saturated carbocycles. The quantitative estimate of drug-likeness (QED) is 0.719. The van der Waals surface area contributed by atoms with Gasteiger partial charge in [0.2, 0.25) is 0 Å². The Balaban J connectivity index is 2.03. The van der Waals surface area contributed by atoms with Gasteiger partial charge in [-0.15, -0.1) is 11.3 Å². The maximum absolute atomic E-state index is 4.82. The number of nitrogens with zero attached hydrogens (tertiary/aromatic N) is 2. The lowest BCUT2D eigenvalue weighted by atomic mass is 10.2. The molecule has 0 saturated heterocycles. The van der Waals surface area contributed by atoms with E-state index in [-0.39, 0.29) is 0 Å². The molecular weight excluding hydrogens is 204 g/mol. The van der Waals surface area contributed by atoms with E-state index in [2.05, 4.69) is 11.3 Å². The molecule has 2 nitrogen and oxygen atoms in total. The van der Waals surface area contributed by atoms with E-state index in [1.807, 2.05) is 11.3 Å². The van der Waals surface area contributed by atoms with E-state index in [0.29, 0.717) is 0 Å². The van der Waals surface area contributed by atoms with Crippen LogP contribution in [0.1, 0.15) is 47.1 Å². The van der Waals surface area contributed by atoms with Crippen molar-refractivity contribution in [2.24, 2.45) is 0 Å². The lowest BCUT2D eigenvalue weighted by Crippen LogP contribution is -1.92. The number of hydrogen-bond acceptors (Lipinski definition) is 2. The van der Waals surface area contributed by atoms with Gasteiger partial charge in [0.25, 0.3) is 0 Å². The predicted molar refractivity (Wildman–Crippen MR) is 61.8 cm³/mol. The molecule has 0 N–H and O–H groups in total. The zero-order valence-corrected chi connectivity index (χ0v) is 9.73. The second-order valence-electron chi connectivity index (χ2n) is 4.80. The summed E-state index contributed by atoms with van der Waals surface area (Å²) in [5.74, 6) is 0.786. The van der Waals surface area contributed by atoms with Gasteiger partial charge < -0.3 is 0 Å². The molecule has 2 aromatic heterocycles. The Morgan fingerprint density at radius 3 is 3.00 bits per heavy atom. The van der Waals surface area contributed by atoms with Crippen LogP contribution in [-0.4, -0.2) is 9.38 Å². The van der Waals surface area contributed by atoms with Crippen molar-refractivity contribution in [3.05, 3.63) is 22.0 Å². The molecule has 0 atom stereocenters. The van der Waals surface area contributed by atoms with Gasteiger partial charge >= 0.3 is 0 Å². The van der Waals surface area contributed by atoms with Crippen LogP contribution in [0.4, 0.5) is 0 Å². The lowest BCUT2D eigenvalue weighted by molar-refractivity contribution is 0.878. The summed E-state index contributed by atoms with van der Waals surface area (Å²) >= 11 is 1.92. The molecule has 0 amide bonds. The number of aromatic nitrogens is 2. The number of aryl methyl sites for hydroxylation is 3. The Bertz CT molecular complexity index is 545. The van der Waals surface area contributed by atoms with Crippen molar-refractivity contribution >= 4 is 16.3 Å². The van der Waals surface area contributed by atoms with E-state index in [1.165, 1.54) is 48.5 Å². The summed E-state index contributed by atoms with van der Waals surface area (Å²) in [6, 6.07) is 0. The summed E-state index contributed by atoms with van der Waals surface area (Å²) < 4.78 is 2.43. The van der Waals surface area contributed by atoms with Gasteiger partial charge in [-0.05, 0) is 39.0 Å². The van der Waals surface area contributed by atoms with Crippen LogP contribution in [0.2, 0.25) is 0 Å². The Kier molecular flexibility index (Phi) is 1.47. The van der Waals surface area contributed by atoms with Crippen LogP contribution in [0.5, 0.6) is 0 Å². The Morgan fingerprint density at radius 1 is 1.33 bits per heavy atom. The second-order valence-corrected chi connectivity index (χ2v) is 5.86. The molecule has 2 heterocycles. The fraction of sp³-hybridized carbons (Fsp3) is 0.583. The zero-order chi connectivity index (χ0) is 9.99. The molecule has 2 aliphatic carbocycles. The number of thiazole rings is 1. The van der Waals surface area contributed by atoms with Crippen molar-refractivity contribution < 1.29 is 0 Å². The number of hydrogen-bond donors (Lipinski definition) is 0. The average Bonchev–Trinajstić information content (AvgIpc) is 2.73. The molecule has 0 spiro atoms. The van der Waals surface area contributed by atoms with Crippen molar-refractivity contribution in [2.45, 2.75) is 44.9 Å². The molecule has 0 aliphatic heterocycles. The van der Waals surface area contributed by atoms with Gasteiger partial charge in [-0.1, -0.05) is 0 Å². The van der Waals surface area contributed by atoms with Crippen LogP contribution in [0, 0.1) is 6.92 Å². The molecule has 1 fully saturated rings. The maximum Gasteiger partial charge on any atom is 0.194 e. The predicted octanol–water partition coefficient (Wildman–Crippen LogP) is 3.07. The number of fused-ring (bicyclic) bond motifs is 3. The molecule has 78 valence electrons. The summed E-state index contributed by atoms with van der Waals surface area (Å²) in [5.41, 5.74) is 4.37. The standard InChI is InChI=1S/C12H14N2S/c1-7-11(8-5-6-8)13-12-14(7)9-3-2-4-10(9)15-12/h8H,2-6H2,1H3. The van der Waals surface area contributed by atoms with Crippen LogP contribution < -0.4 is 0 Å². The minimum absolute atomic E-state index is 0.786. The summed E-state index contributed by atoms with van der Waals surface area (Å²) in [6.45, 7) is 2.25. The van der Waals surface area contributed by atoms with Gasteiger partial charge in [-0.3, -0.25) is 4.40 Å². The molecular formula is C12H14N2S. The van der Waals surface area contributed by atoms with Gasteiger partial charge in [-0.2, -0.15) is 0 Å². The molecule has 0 radical (unpaired) electrons. The molecule has 0 unspecified atom stereocenters. The van der Waals surface area contributed by atoms with E-state index in [9.17, 15) is 0 Å². The van der Waals surface area contributed by atoms with Gasteiger partial charge in [0.15, 0.2) is 4.96 Å². The van der Waals surface area contributed by atoms with Crippen molar-refractivity contribution in [1.82, 2.24) is 9.38 Å². The van der Waals surface area contributed by atoms with Gasteiger partial charge in [0.05, 0.1) is 5.69 Å². The first kappa shape index (κ1) is 8.34. The summed E-state index contributed by atoms with van der Waals surface area (Å²) in [5, 5.41) is 0. The molecule has 2 aromatic rings. The third-order valence-corrected chi connectivity index (χ3v) is 4.84. The highest BCUT2D eigenvalue weighted by atomic mass is 32.1. The lowest BCUT2D eigenvalue weighted by Gasteiger charge is -1.98. The van der Waals surface area contributed by atoms with Crippen LogP contribution in [0.3, 0.4) is 0 Å². The Hall–Kier alpha value is -0.830. The third-order valence-electron chi connectivity index (χ3n) is 3.70. The van der Waals surface area contributed by atoms with Gasteiger partial charge in [0, 0.05) is 22.2 Å². The van der Waals surface area contributed by atoms with Crippen molar-refractivity contribution in [3.63, 3.8) is 0 Å². The highest BCUT2D eigenvalue weighted by molar-refractivity contribution is 7.17. The molecule has 0 bridgehead atoms. The Morgan fingerprint density at radius 2 is 2.20 bits per heavy atom. The first-order chi connectivity index (χ1) is 7.34. The first-order valence-corrected chi connectivity index (χ1v) is 6.66. The largest absolute Gasteiger partial charge is 0.291 e. The Labute approximate surface area is 93.0 Å². The smallest absolute Gasteiger partial charge is 0.194 e. The van der Waals surface area contributed by atoms with Crippen LogP contribution >= 0.6 is 11.3 Å². The van der Waals surface area contributed by atoms with Crippen molar-refractivity contribution in [1.29, 1.82) is 0 Å².